The number of hydrogen-bond donors (Lipinski definition) is 0. The minimum atomic E-state index is -3.66. The second kappa shape index (κ2) is 6.70. The van der Waals surface area contributed by atoms with Gasteiger partial charge in [0.25, 0.3) is 10.1 Å². The maximum absolute atomic E-state index is 12.0. The molecule has 0 radical (unpaired) electrons. The van der Waals surface area contributed by atoms with Gasteiger partial charge in [-0.1, -0.05) is 43.9 Å². The lowest BCUT2D eigenvalue weighted by Gasteiger charge is -2.04. The van der Waals surface area contributed by atoms with E-state index >= 15 is 0 Å². The van der Waals surface area contributed by atoms with Crippen LogP contribution in [-0.2, 0) is 19.0 Å². The first kappa shape index (κ1) is 15.5. The highest BCUT2D eigenvalue weighted by Gasteiger charge is 2.39. The smallest absolute Gasteiger partial charge is 0.297 e. The minimum Gasteiger partial charge on any atom is -0.367 e. The zero-order valence-electron chi connectivity index (χ0n) is 12.0. The Morgan fingerprint density at radius 1 is 1.15 bits per heavy atom. The summed E-state index contributed by atoms with van der Waals surface area (Å²) in [5.41, 5.74) is 1.02. The first-order chi connectivity index (χ1) is 9.53. The van der Waals surface area contributed by atoms with Crippen molar-refractivity contribution in [1.82, 2.24) is 0 Å². The van der Waals surface area contributed by atoms with Crippen LogP contribution in [0, 0.1) is 6.92 Å². The minimum absolute atomic E-state index is 0.0629. The molecule has 0 N–H and O–H groups in total. The van der Waals surface area contributed by atoms with E-state index in [2.05, 4.69) is 6.92 Å². The number of rotatable bonds is 8. The summed E-state index contributed by atoms with van der Waals surface area (Å²) in [6.07, 6.45) is 4.60. The average Bonchev–Trinajstić information content (AvgIpc) is 3.16. The number of aryl methyl sites for hydroxylation is 1. The van der Waals surface area contributed by atoms with Gasteiger partial charge >= 0.3 is 0 Å². The second-order valence-corrected chi connectivity index (χ2v) is 6.88. The molecule has 2 rings (SSSR count). The molecule has 1 aliphatic heterocycles. The molecule has 1 fully saturated rings. The standard InChI is InChI=1S/C15H22O4S/c1-3-4-5-6-14-15(19-14)11-18-20(16,17)13-9-7-12(2)8-10-13/h7-10,14-15H,3-6,11H2,1-2H3/t14-,15-/m0/s1. The van der Waals surface area contributed by atoms with Crippen molar-refractivity contribution < 1.29 is 17.3 Å². The van der Waals surface area contributed by atoms with Crippen molar-refractivity contribution in [2.24, 2.45) is 0 Å². The van der Waals surface area contributed by atoms with Gasteiger partial charge in [0.15, 0.2) is 0 Å². The van der Waals surface area contributed by atoms with Gasteiger partial charge in [-0.05, 0) is 25.5 Å². The van der Waals surface area contributed by atoms with Crippen molar-refractivity contribution in [1.29, 1.82) is 0 Å². The van der Waals surface area contributed by atoms with Crippen LogP contribution in [-0.4, -0.2) is 27.2 Å². The summed E-state index contributed by atoms with van der Waals surface area (Å²) in [5, 5.41) is 0. The fraction of sp³-hybridized carbons (Fsp3) is 0.600. The van der Waals surface area contributed by atoms with Crippen LogP contribution in [0.4, 0.5) is 0 Å². The summed E-state index contributed by atoms with van der Waals surface area (Å²) >= 11 is 0. The van der Waals surface area contributed by atoms with Gasteiger partial charge in [-0.15, -0.1) is 0 Å². The summed E-state index contributed by atoms with van der Waals surface area (Å²) in [5.74, 6) is 0. The third-order valence-electron chi connectivity index (χ3n) is 3.48. The molecule has 0 amide bonds. The molecule has 0 spiro atoms. The molecule has 0 bridgehead atoms. The predicted molar refractivity (Wildman–Crippen MR) is 77.1 cm³/mol. The molecule has 20 heavy (non-hydrogen) atoms. The summed E-state index contributed by atoms with van der Waals surface area (Å²) in [4.78, 5) is 0.200. The SMILES string of the molecule is CCCCC[C@@H]1O[C@H]1COS(=O)(=O)c1ccc(C)cc1. The number of unbranched alkanes of at least 4 members (excludes halogenated alkanes) is 2. The van der Waals surface area contributed by atoms with Crippen LogP contribution in [0.25, 0.3) is 0 Å². The topological polar surface area (TPSA) is 55.9 Å². The van der Waals surface area contributed by atoms with E-state index in [1.807, 2.05) is 6.92 Å². The fourth-order valence-corrected chi connectivity index (χ4v) is 3.02. The molecular weight excluding hydrogens is 276 g/mol. The van der Waals surface area contributed by atoms with E-state index in [9.17, 15) is 8.42 Å². The van der Waals surface area contributed by atoms with E-state index < -0.39 is 10.1 Å². The highest BCUT2D eigenvalue weighted by molar-refractivity contribution is 7.86. The molecule has 1 aromatic rings. The Balaban J connectivity index is 1.78. The van der Waals surface area contributed by atoms with Crippen LogP contribution in [0.3, 0.4) is 0 Å². The van der Waals surface area contributed by atoms with Crippen LogP contribution in [0.2, 0.25) is 0 Å². The predicted octanol–water partition coefficient (Wildman–Crippen LogP) is 3.05. The third kappa shape index (κ3) is 4.30. The Hall–Kier alpha value is -0.910. The van der Waals surface area contributed by atoms with Gasteiger partial charge in [0.05, 0.1) is 17.6 Å². The second-order valence-electron chi connectivity index (χ2n) is 5.26. The van der Waals surface area contributed by atoms with Gasteiger partial charge in [0.1, 0.15) is 6.10 Å². The van der Waals surface area contributed by atoms with Gasteiger partial charge in [-0.25, -0.2) is 0 Å². The fourth-order valence-electron chi connectivity index (χ4n) is 2.10. The Morgan fingerprint density at radius 3 is 2.50 bits per heavy atom. The number of epoxide rings is 1. The molecule has 0 saturated carbocycles. The van der Waals surface area contributed by atoms with Crippen molar-refractivity contribution in [3.8, 4) is 0 Å². The van der Waals surface area contributed by atoms with Gasteiger partial charge in [-0.2, -0.15) is 8.42 Å². The normalized spacial score (nSPS) is 21.9. The quantitative estimate of drug-likeness (QED) is 0.420. The summed E-state index contributed by atoms with van der Waals surface area (Å²) < 4.78 is 34.4. The van der Waals surface area contributed by atoms with Gasteiger partial charge in [-0.3, -0.25) is 4.18 Å². The van der Waals surface area contributed by atoms with Crippen LogP contribution < -0.4 is 0 Å². The van der Waals surface area contributed by atoms with E-state index in [0.717, 1.165) is 18.4 Å². The van der Waals surface area contributed by atoms with Crippen molar-refractivity contribution in [3.05, 3.63) is 29.8 Å². The van der Waals surface area contributed by atoms with Crippen molar-refractivity contribution in [3.63, 3.8) is 0 Å². The average molecular weight is 298 g/mol. The van der Waals surface area contributed by atoms with Crippen molar-refractivity contribution >= 4 is 10.1 Å². The molecule has 1 heterocycles. The number of benzene rings is 1. The van der Waals surface area contributed by atoms with Gasteiger partial charge in [0, 0.05) is 0 Å². The van der Waals surface area contributed by atoms with Crippen LogP contribution in [0.15, 0.2) is 29.2 Å². The molecule has 0 aromatic heterocycles. The molecular formula is C15H22O4S. The zero-order chi connectivity index (χ0) is 14.6. The van der Waals surface area contributed by atoms with Gasteiger partial charge < -0.3 is 4.74 Å². The number of hydrogen-bond acceptors (Lipinski definition) is 4. The Morgan fingerprint density at radius 2 is 1.85 bits per heavy atom. The number of ether oxygens (including phenoxy) is 1. The first-order valence-corrected chi connectivity index (χ1v) is 8.55. The highest BCUT2D eigenvalue weighted by atomic mass is 32.2. The first-order valence-electron chi connectivity index (χ1n) is 7.14. The van der Waals surface area contributed by atoms with Crippen LogP contribution in [0.1, 0.15) is 38.2 Å². The Labute approximate surface area is 121 Å². The van der Waals surface area contributed by atoms with Crippen molar-refractivity contribution in [2.75, 3.05) is 6.61 Å². The third-order valence-corrected chi connectivity index (χ3v) is 4.77. The monoisotopic (exact) mass is 298 g/mol. The lowest BCUT2D eigenvalue weighted by molar-refractivity contribution is 0.262. The maximum Gasteiger partial charge on any atom is 0.297 e. The molecule has 1 saturated heterocycles. The van der Waals surface area contributed by atoms with Crippen LogP contribution in [0.5, 0.6) is 0 Å². The molecule has 5 heteroatoms. The maximum atomic E-state index is 12.0. The van der Waals surface area contributed by atoms with Crippen molar-refractivity contribution in [2.45, 2.75) is 56.6 Å². The molecule has 1 aromatic carbocycles. The largest absolute Gasteiger partial charge is 0.367 e. The lowest BCUT2D eigenvalue weighted by Crippen LogP contribution is -2.12. The van der Waals surface area contributed by atoms with E-state index in [1.165, 1.54) is 12.8 Å². The molecule has 112 valence electrons. The Kier molecular flexibility index (Phi) is 5.18. The molecule has 0 aliphatic carbocycles. The lowest BCUT2D eigenvalue weighted by atomic mass is 10.1. The van der Waals surface area contributed by atoms with Gasteiger partial charge in [0.2, 0.25) is 0 Å². The molecule has 1 aliphatic rings. The van der Waals surface area contributed by atoms with E-state index in [0.29, 0.717) is 0 Å². The van der Waals surface area contributed by atoms with E-state index in [1.54, 1.807) is 24.3 Å². The van der Waals surface area contributed by atoms with E-state index in [4.69, 9.17) is 8.92 Å². The molecule has 4 nitrogen and oxygen atoms in total. The Bertz CT molecular complexity index is 521. The zero-order valence-corrected chi connectivity index (χ0v) is 12.9. The van der Waals surface area contributed by atoms with Crippen LogP contribution >= 0.6 is 0 Å². The summed E-state index contributed by atoms with van der Waals surface area (Å²) in [7, 11) is -3.66. The summed E-state index contributed by atoms with van der Waals surface area (Å²) in [6.45, 7) is 4.19. The molecule has 2 atom stereocenters. The van der Waals surface area contributed by atoms with E-state index in [-0.39, 0.29) is 23.7 Å². The summed E-state index contributed by atoms with van der Waals surface area (Å²) in [6, 6.07) is 6.66. The highest BCUT2D eigenvalue weighted by Crippen LogP contribution is 2.28. The molecule has 0 unspecified atom stereocenters.